The predicted octanol–water partition coefficient (Wildman–Crippen LogP) is 4.35. The fourth-order valence-corrected chi connectivity index (χ4v) is 2.82. The van der Waals surface area contributed by atoms with E-state index in [1.807, 2.05) is 0 Å². The van der Waals surface area contributed by atoms with Gasteiger partial charge >= 0.3 is 0 Å². The van der Waals surface area contributed by atoms with Crippen molar-refractivity contribution in [2.24, 2.45) is 0 Å². The standard InChI is InChI=1S/C17H12F2N2O2S/c1-23-15-7-6-12(19)8-13(15)16(22)21-17-20-14(9-24-17)10-2-4-11(18)5-3-10/h2-9H,1H3,(H,20,21,22). The van der Waals surface area contributed by atoms with E-state index in [9.17, 15) is 13.6 Å². The van der Waals surface area contributed by atoms with Gasteiger partial charge in [-0.15, -0.1) is 11.3 Å². The number of ether oxygens (including phenoxy) is 1. The van der Waals surface area contributed by atoms with Crippen molar-refractivity contribution in [3.8, 4) is 17.0 Å². The number of methoxy groups -OCH3 is 1. The number of thiazole rings is 1. The second-order valence-electron chi connectivity index (χ2n) is 4.84. The first kappa shape index (κ1) is 16.1. The molecule has 0 saturated carbocycles. The van der Waals surface area contributed by atoms with Gasteiger partial charge in [-0.1, -0.05) is 0 Å². The smallest absolute Gasteiger partial charge is 0.261 e. The summed E-state index contributed by atoms with van der Waals surface area (Å²) in [7, 11) is 1.40. The maximum atomic E-state index is 13.4. The topological polar surface area (TPSA) is 51.2 Å². The Balaban J connectivity index is 1.81. The molecule has 0 aliphatic carbocycles. The zero-order valence-electron chi connectivity index (χ0n) is 12.5. The van der Waals surface area contributed by atoms with Gasteiger partial charge in [-0.3, -0.25) is 10.1 Å². The minimum absolute atomic E-state index is 0.0797. The van der Waals surface area contributed by atoms with Gasteiger partial charge in [0.2, 0.25) is 0 Å². The lowest BCUT2D eigenvalue weighted by Crippen LogP contribution is -2.13. The molecule has 1 heterocycles. The zero-order chi connectivity index (χ0) is 17.1. The van der Waals surface area contributed by atoms with E-state index >= 15 is 0 Å². The van der Waals surface area contributed by atoms with Crippen LogP contribution in [0, 0.1) is 11.6 Å². The molecule has 0 radical (unpaired) electrons. The molecule has 1 amide bonds. The van der Waals surface area contributed by atoms with Gasteiger partial charge in [-0.25, -0.2) is 13.8 Å². The highest BCUT2D eigenvalue weighted by atomic mass is 32.1. The second-order valence-corrected chi connectivity index (χ2v) is 5.70. The molecule has 24 heavy (non-hydrogen) atoms. The van der Waals surface area contributed by atoms with Crippen molar-refractivity contribution in [3.05, 3.63) is 65.0 Å². The van der Waals surface area contributed by atoms with Gasteiger partial charge in [0.15, 0.2) is 5.13 Å². The molecule has 0 unspecified atom stereocenters. The molecule has 0 saturated heterocycles. The van der Waals surface area contributed by atoms with Gasteiger partial charge in [0.1, 0.15) is 17.4 Å². The first-order valence-corrected chi connectivity index (χ1v) is 7.81. The van der Waals surface area contributed by atoms with Crippen LogP contribution in [0.5, 0.6) is 5.75 Å². The number of amides is 1. The van der Waals surface area contributed by atoms with E-state index in [0.29, 0.717) is 10.8 Å². The summed E-state index contributed by atoms with van der Waals surface area (Å²) >= 11 is 1.22. The van der Waals surface area contributed by atoms with Gasteiger partial charge in [-0.05, 0) is 42.5 Å². The Hall–Kier alpha value is -2.80. The Bertz CT molecular complexity index is 879. The van der Waals surface area contributed by atoms with Gasteiger partial charge in [0.25, 0.3) is 5.91 Å². The Morgan fingerprint density at radius 1 is 1.12 bits per heavy atom. The van der Waals surface area contributed by atoms with Crippen LogP contribution in [0.3, 0.4) is 0 Å². The fourth-order valence-electron chi connectivity index (χ4n) is 2.11. The third-order valence-electron chi connectivity index (χ3n) is 3.27. The van der Waals surface area contributed by atoms with Crippen LogP contribution < -0.4 is 10.1 Å². The summed E-state index contributed by atoms with van der Waals surface area (Å²) in [4.78, 5) is 16.6. The van der Waals surface area contributed by atoms with Crippen LogP contribution >= 0.6 is 11.3 Å². The van der Waals surface area contributed by atoms with Crippen molar-refractivity contribution >= 4 is 22.4 Å². The number of anilines is 1. The summed E-state index contributed by atoms with van der Waals surface area (Å²) in [5.41, 5.74) is 1.43. The second kappa shape index (κ2) is 6.76. The summed E-state index contributed by atoms with van der Waals surface area (Å²) in [6.45, 7) is 0. The van der Waals surface area contributed by atoms with E-state index in [1.165, 1.54) is 42.7 Å². The number of hydrogen-bond acceptors (Lipinski definition) is 4. The maximum Gasteiger partial charge on any atom is 0.261 e. The number of rotatable bonds is 4. The van der Waals surface area contributed by atoms with Crippen molar-refractivity contribution in [2.45, 2.75) is 0 Å². The minimum Gasteiger partial charge on any atom is -0.496 e. The van der Waals surface area contributed by atoms with Gasteiger partial charge in [0.05, 0.1) is 18.4 Å². The number of halogens is 2. The number of benzene rings is 2. The molecule has 3 aromatic rings. The number of carbonyl (C=O) groups excluding carboxylic acids is 1. The van der Waals surface area contributed by atoms with Crippen molar-refractivity contribution in [1.82, 2.24) is 4.98 Å². The monoisotopic (exact) mass is 346 g/mol. The molecule has 0 spiro atoms. The zero-order valence-corrected chi connectivity index (χ0v) is 13.4. The van der Waals surface area contributed by atoms with E-state index in [1.54, 1.807) is 17.5 Å². The van der Waals surface area contributed by atoms with Crippen LogP contribution in [0.4, 0.5) is 13.9 Å². The first-order valence-electron chi connectivity index (χ1n) is 6.93. The number of nitrogens with zero attached hydrogens (tertiary/aromatic N) is 1. The molecule has 0 bridgehead atoms. The number of carbonyl (C=O) groups is 1. The van der Waals surface area contributed by atoms with Gasteiger partial charge in [0, 0.05) is 10.9 Å². The Kier molecular flexibility index (Phi) is 4.52. The van der Waals surface area contributed by atoms with Crippen LogP contribution in [0.2, 0.25) is 0 Å². The molecular formula is C17H12F2N2O2S. The summed E-state index contributed by atoms with van der Waals surface area (Å²) in [5.74, 6) is -1.12. The highest BCUT2D eigenvalue weighted by Crippen LogP contribution is 2.26. The molecule has 0 atom stereocenters. The predicted molar refractivity (Wildman–Crippen MR) is 88.4 cm³/mol. The molecule has 2 aromatic carbocycles. The summed E-state index contributed by atoms with van der Waals surface area (Å²) in [6.07, 6.45) is 0. The normalized spacial score (nSPS) is 10.5. The maximum absolute atomic E-state index is 13.4. The van der Waals surface area contributed by atoms with E-state index in [0.717, 1.165) is 11.6 Å². The van der Waals surface area contributed by atoms with Crippen LogP contribution in [-0.4, -0.2) is 18.0 Å². The van der Waals surface area contributed by atoms with Crippen LogP contribution in [0.15, 0.2) is 47.8 Å². The number of hydrogen-bond donors (Lipinski definition) is 1. The SMILES string of the molecule is COc1ccc(F)cc1C(=O)Nc1nc(-c2ccc(F)cc2)cs1. The van der Waals surface area contributed by atoms with E-state index < -0.39 is 11.7 Å². The molecule has 0 aliphatic rings. The molecule has 3 rings (SSSR count). The number of nitrogens with one attached hydrogen (secondary N) is 1. The molecule has 122 valence electrons. The average Bonchev–Trinajstić information content (AvgIpc) is 3.04. The lowest BCUT2D eigenvalue weighted by molar-refractivity contribution is 0.102. The van der Waals surface area contributed by atoms with Crippen LogP contribution in [-0.2, 0) is 0 Å². The molecule has 1 aromatic heterocycles. The Labute approximate surface area is 140 Å². The van der Waals surface area contributed by atoms with Crippen molar-refractivity contribution in [3.63, 3.8) is 0 Å². The molecule has 0 fully saturated rings. The third kappa shape index (κ3) is 3.41. The quantitative estimate of drug-likeness (QED) is 0.764. The van der Waals surface area contributed by atoms with Gasteiger partial charge in [-0.2, -0.15) is 0 Å². The largest absolute Gasteiger partial charge is 0.496 e. The summed E-state index contributed by atoms with van der Waals surface area (Å²) in [5, 5.41) is 4.70. The third-order valence-corrected chi connectivity index (χ3v) is 4.03. The highest BCUT2D eigenvalue weighted by molar-refractivity contribution is 7.14. The van der Waals surface area contributed by atoms with E-state index in [-0.39, 0.29) is 17.1 Å². The summed E-state index contributed by atoms with van der Waals surface area (Å²) < 4.78 is 31.4. The molecule has 7 heteroatoms. The van der Waals surface area contributed by atoms with E-state index in [4.69, 9.17) is 4.74 Å². The van der Waals surface area contributed by atoms with E-state index in [2.05, 4.69) is 10.3 Å². The van der Waals surface area contributed by atoms with Crippen molar-refractivity contribution < 1.29 is 18.3 Å². The number of aromatic nitrogens is 1. The Morgan fingerprint density at radius 2 is 1.83 bits per heavy atom. The molecule has 1 N–H and O–H groups in total. The van der Waals surface area contributed by atoms with Crippen LogP contribution in [0.25, 0.3) is 11.3 Å². The lowest BCUT2D eigenvalue weighted by atomic mass is 10.2. The Morgan fingerprint density at radius 3 is 2.54 bits per heavy atom. The minimum atomic E-state index is -0.535. The average molecular weight is 346 g/mol. The molecule has 4 nitrogen and oxygen atoms in total. The van der Waals surface area contributed by atoms with Crippen LogP contribution in [0.1, 0.15) is 10.4 Å². The van der Waals surface area contributed by atoms with Crippen molar-refractivity contribution in [1.29, 1.82) is 0 Å². The summed E-state index contributed by atoms with van der Waals surface area (Å²) in [6, 6.07) is 9.58. The first-order chi connectivity index (χ1) is 11.6. The molecular weight excluding hydrogens is 334 g/mol. The molecule has 0 aliphatic heterocycles. The fraction of sp³-hybridized carbons (Fsp3) is 0.0588. The van der Waals surface area contributed by atoms with Crippen molar-refractivity contribution in [2.75, 3.05) is 12.4 Å². The van der Waals surface area contributed by atoms with Gasteiger partial charge < -0.3 is 4.74 Å². The highest BCUT2D eigenvalue weighted by Gasteiger charge is 2.15. The lowest BCUT2D eigenvalue weighted by Gasteiger charge is -2.07.